The molecule has 0 bridgehead atoms. The van der Waals surface area contributed by atoms with Crippen LogP contribution in [0.4, 0.5) is 0 Å². The minimum absolute atomic E-state index is 0.175. The van der Waals surface area contributed by atoms with Crippen molar-refractivity contribution in [3.63, 3.8) is 0 Å². The summed E-state index contributed by atoms with van der Waals surface area (Å²) in [5, 5.41) is 1.33. The largest absolute Gasteiger partial charge is 0.224 e. The molecule has 0 saturated heterocycles. The third-order valence-corrected chi connectivity index (χ3v) is 3.78. The molecule has 0 spiro atoms. The number of halogens is 1. The Labute approximate surface area is 85.3 Å². The SMILES string of the molecule is O=S1(=O)C=C(c2ccc(Br)cc2)C1. The van der Waals surface area contributed by atoms with Gasteiger partial charge in [-0.15, -0.1) is 0 Å². The van der Waals surface area contributed by atoms with E-state index in [1.165, 1.54) is 5.41 Å². The van der Waals surface area contributed by atoms with Crippen molar-refractivity contribution in [2.24, 2.45) is 0 Å². The molecular formula is C9H7BrO2S. The molecule has 2 rings (SSSR count). The van der Waals surface area contributed by atoms with Crippen molar-refractivity contribution < 1.29 is 8.42 Å². The summed E-state index contributed by atoms with van der Waals surface area (Å²) in [6, 6.07) is 7.62. The fourth-order valence-corrected chi connectivity index (χ4v) is 2.61. The quantitative estimate of drug-likeness (QED) is 0.774. The van der Waals surface area contributed by atoms with E-state index >= 15 is 0 Å². The normalized spacial score (nSPS) is 19.0. The second-order valence-electron chi connectivity index (χ2n) is 2.96. The number of hydrogen-bond donors (Lipinski definition) is 0. The molecular weight excluding hydrogens is 252 g/mol. The minimum atomic E-state index is -2.86. The fraction of sp³-hybridized carbons (Fsp3) is 0.111. The highest BCUT2D eigenvalue weighted by atomic mass is 79.9. The van der Waals surface area contributed by atoms with E-state index in [0.29, 0.717) is 0 Å². The zero-order valence-corrected chi connectivity index (χ0v) is 9.10. The van der Waals surface area contributed by atoms with Gasteiger partial charge in [0.05, 0.1) is 5.75 Å². The Morgan fingerprint density at radius 2 is 1.69 bits per heavy atom. The van der Waals surface area contributed by atoms with Crippen molar-refractivity contribution in [3.8, 4) is 0 Å². The Kier molecular flexibility index (Phi) is 2.04. The molecule has 0 unspecified atom stereocenters. The van der Waals surface area contributed by atoms with E-state index in [9.17, 15) is 8.42 Å². The maximum atomic E-state index is 10.9. The molecule has 0 aromatic heterocycles. The first-order valence-electron chi connectivity index (χ1n) is 3.76. The number of benzene rings is 1. The Hall–Kier alpha value is -0.610. The van der Waals surface area contributed by atoms with E-state index in [-0.39, 0.29) is 5.75 Å². The summed E-state index contributed by atoms with van der Waals surface area (Å²) in [7, 11) is -2.86. The summed E-state index contributed by atoms with van der Waals surface area (Å²) in [6.07, 6.45) is 0. The number of hydrogen-bond acceptors (Lipinski definition) is 2. The minimum Gasteiger partial charge on any atom is -0.224 e. The van der Waals surface area contributed by atoms with Gasteiger partial charge in [0, 0.05) is 9.88 Å². The van der Waals surface area contributed by atoms with Crippen LogP contribution in [0, 0.1) is 0 Å². The third kappa shape index (κ3) is 1.84. The van der Waals surface area contributed by atoms with E-state index in [2.05, 4.69) is 15.9 Å². The molecule has 0 aliphatic carbocycles. The van der Waals surface area contributed by atoms with Crippen molar-refractivity contribution in [1.29, 1.82) is 0 Å². The van der Waals surface area contributed by atoms with Crippen molar-refractivity contribution >= 4 is 31.3 Å². The highest BCUT2D eigenvalue weighted by Gasteiger charge is 2.23. The third-order valence-electron chi connectivity index (χ3n) is 1.89. The van der Waals surface area contributed by atoms with Crippen LogP contribution in [0.3, 0.4) is 0 Å². The Morgan fingerprint density at radius 3 is 2.15 bits per heavy atom. The molecule has 4 heteroatoms. The fourth-order valence-electron chi connectivity index (χ4n) is 1.23. The molecule has 13 heavy (non-hydrogen) atoms. The van der Waals surface area contributed by atoms with Gasteiger partial charge in [-0.3, -0.25) is 0 Å². The molecule has 0 amide bonds. The van der Waals surface area contributed by atoms with Gasteiger partial charge in [-0.25, -0.2) is 8.42 Å². The highest BCUT2D eigenvalue weighted by molar-refractivity contribution is 9.10. The lowest BCUT2D eigenvalue weighted by Crippen LogP contribution is -2.15. The van der Waals surface area contributed by atoms with Gasteiger partial charge < -0.3 is 0 Å². The zero-order chi connectivity index (χ0) is 9.47. The molecule has 0 saturated carbocycles. The summed E-state index contributed by atoms with van der Waals surface area (Å²) >= 11 is 3.32. The lowest BCUT2D eigenvalue weighted by atomic mass is 10.1. The maximum Gasteiger partial charge on any atom is 0.176 e. The smallest absolute Gasteiger partial charge is 0.176 e. The lowest BCUT2D eigenvalue weighted by Gasteiger charge is -2.14. The van der Waals surface area contributed by atoms with Crippen molar-refractivity contribution in [2.45, 2.75) is 0 Å². The Morgan fingerprint density at radius 1 is 1.15 bits per heavy atom. The average Bonchev–Trinajstić information content (AvgIpc) is 2.01. The van der Waals surface area contributed by atoms with Gasteiger partial charge >= 0.3 is 0 Å². The Balaban J connectivity index is 2.35. The summed E-state index contributed by atoms with van der Waals surface area (Å²) in [4.78, 5) is 0. The molecule has 1 aromatic carbocycles. The molecule has 1 aliphatic rings. The standard InChI is InChI=1S/C9H7BrO2S/c10-9-3-1-7(2-4-9)8-5-13(11,12)6-8/h1-5H,6H2. The van der Waals surface area contributed by atoms with Crippen LogP contribution in [0.2, 0.25) is 0 Å². The van der Waals surface area contributed by atoms with E-state index < -0.39 is 9.84 Å². The first-order valence-corrected chi connectivity index (χ1v) is 6.27. The van der Waals surface area contributed by atoms with Crippen LogP contribution in [0.5, 0.6) is 0 Å². The number of sulfone groups is 1. The lowest BCUT2D eigenvalue weighted by molar-refractivity contribution is 0.605. The molecule has 1 heterocycles. The maximum absolute atomic E-state index is 10.9. The monoisotopic (exact) mass is 258 g/mol. The van der Waals surface area contributed by atoms with E-state index in [1.54, 1.807) is 0 Å². The van der Waals surface area contributed by atoms with Crippen LogP contribution in [-0.4, -0.2) is 14.2 Å². The van der Waals surface area contributed by atoms with Crippen LogP contribution in [0.25, 0.3) is 5.57 Å². The second-order valence-corrected chi connectivity index (χ2v) is 5.72. The van der Waals surface area contributed by atoms with Gasteiger partial charge in [-0.1, -0.05) is 28.1 Å². The second kappa shape index (κ2) is 2.96. The molecule has 0 N–H and O–H groups in total. The van der Waals surface area contributed by atoms with Crippen molar-refractivity contribution in [1.82, 2.24) is 0 Å². The predicted molar refractivity (Wildman–Crippen MR) is 55.9 cm³/mol. The summed E-state index contributed by atoms with van der Waals surface area (Å²) < 4.78 is 22.7. The van der Waals surface area contributed by atoms with Crippen LogP contribution < -0.4 is 0 Å². The van der Waals surface area contributed by atoms with Crippen LogP contribution in [0.15, 0.2) is 34.1 Å². The molecule has 1 aromatic rings. The molecule has 0 fully saturated rings. The van der Waals surface area contributed by atoms with Gasteiger partial charge in [0.1, 0.15) is 0 Å². The number of rotatable bonds is 1. The van der Waals surface area contributed by atoms with Gasteiger partial charge in [-0.2, -0.15) is 0 Å². The topological polar surface area (TPSA) is 34.1 Å². The zero-order valence-electron chi connectivity index (χ0n) is 6.70. The average molecular weight is 259 g/mol. The molecule has 0 radical (unpaired) electrons. The Bertz CT molecular complexity index is 457. The van der Waals surface area contributed by atoms with Gasteiger partial charge in [0.15, 0.2) is 9.84 Å². The van der Waals surface area contributed by atoms with E-state index in [1.807, 2.05) is 24.3 Å². The van der Waals surface area contributed by atoms with Crippen LogP contribution in [-0.2, 0) is 9.84 Å². The summed E-state index contributed by atoms with van der Waals surface area (Å²) in [5.74, 6) is 0.175. The van der Waals surface area contributed by atoms with Gasteiger partial charge in [-0.05, 0) is 23.3 Å². The molecule has 2 nitrogen and oxygen atoms in total. The van der Waals surface area contributed by atoms with Crippen molar-refractivity contribution in [2.75, 3.05) is 5.75 Å². The molecule has 1 aliphatic heterocycles. The van der Waals surface area contributed by atoms with Gasteiger partial charge in [0.2, 0.25) is 0 Å². The summed E-state index contributed by atoms with van der Waals surface area (Å²) in [5.41, 5.74) is 1.88. The van der Waals surface area contributed by atoms with Crippen molar-refractivity contribution in [3.05, 3.63) is 39.7 Å². The van der Waals surface area contributed by atoms with Gasteiger partial charge in [0.25, 0.3) is 0 Å². The van der Waals surface area contributed by atoms with E-state index in [0.717, 1.165) is 15.6 Å². The molecule has 68 valence electrons. The van der Waals surface area contributed by atoms with Crippen LogP contribution in [0.1, 0.15) is 5.56 Å². The first-order chi connectivity index (χ1) is 6.07. The molecule has 0 atom stereocenters. The first kappa shape index (κ1) is 8.97. The van der Waals surface area contributed by atoms with Crippen LogP contribution >= 0.6 is 15.9 Å². The highest BCUT2D eigenvalue weighted by Crippen LogP contribution is 2.27. The predicted octanol–water partition coefficient (Wildman–Crippen LogP) is 2.22. The summed E-state index contributed by atoms with van der Waals surface area (Å²) in [6.45, 7) is 0. The van der Waals surface area contributed by atoms with E-state index in [4.69, 9.17) is 0 Å².